The van der Waals surface area contributed by atoms with Crippen LogP contribution in [0.15, 0.2) is 70.2 Å². The second-order valence-corrected chi connectivity index (χ2v) is 8.34. The van der Waals surface area contributed by atoms with E-state index < -0.39 is 12.0 Å². The number of halogens is 1. The molecule has 0 saturated heterocycles. The second-order valence-electron chi connectivity index (χ2n) is 7.16. The highest BCUT2D eigenvalue weighted by Gasteiger charge is 2.45. The molecule has 1 atom stereocenters. The van der Waals surface area contributed by atoms with E-state index in [9.17, 15) is 9.90 Å². The lowest BCUT2D eigenvalue weighted by Crippen LogP contribution is -2.58. The first-order valence-electron chi connectivity index (χ1n) is 9.78. The van der Waals surface area contributed by atoms with Crippen molar-refractivity contribution in [3.8, 4) is 28.5 Å². The Morgan fingerprint density at radius 3 is 2.56 bits per heavy atom. The Morgan fingerprint density at radius 2 is 1.84 bits per heavy atom. The Labute approximate surface area is 193 Å². The molecule has 32 heavy (non-hydrogen) atoms. The van der Waals surface area contributed by atoms with Gasteiger partial charge in [0.2, 0.25) is 5.91 Å². The lowest BCUT2D eigenvalue weighted by atomic mass is 10.0. The lowest BCUT2D eigenvalue weighted by Gasteiger charge is -2.31. The zero-order valence-electron chi connectivity index (χ0n) is 17.2. The normalized spacial score (nSPS) is 14.7. The summed E-state index contributed by atoms with van der Waals surface area (Å²) in [7, 11) is 0. The number of anilines is 1. The molecule has 0 radical (unpaired) electrons. The number of para-hydroxylation sites is 1. The van der Waals surface area contributed by atoms with Crippen molar-refractivity contribution in [2.24, 2.45) is 0 Å². The van der Waals surface area contributed by atoms with Crippen molar-refractivity contribution >= 4 is 35.0 Å². The number of nitrogens with zero attached hydrogens (tertiary/aromatic N) is 4. The summed E-state index contributed by atoms with van der Waals surface area (Å²) in [4.78, 5) is 18.5. The number of benzene rings is 2. The molecule has 0 fully saturated rings. The summed E-state index contributed by atoms with van der Waals surface area (Å²) in [5, 5.41) is 18.4. The number of hydrogen-bond acceptors (Lipinski definition) is 6. The third-order valence-corrected chi connectivity index (χ3v) is 6.13. The maximum absolute atomic E-state index is 13.0. The van der Waals surface area contributed by atoms with Gasteiger partial charge in [-0.1, -0.05) is 47.6 Å². The van der Waals surface area contributed by atoms with Gasteiger partial charge in [0, 0.05) is 17.6 Å². The van der Waals surface area contributed by atoms with Crippen LogP contribution in [0.2, 0.25) is 5.02 Å². The highest BCUT2D eigenvalue weighted by atomic mass is 35.5. The zero-order chi connectivity index (χ0) is 22.4. The minimum atomic E-state index is -0.796. The first-order valence-corrected chi connectivity index (χ1v) is 11.4. The summed E-state index contributed by atoms with van der Waals surface area (Å²) in [5.74, 6) is 0.369. The molecule has 5 rings (SSSR count). The van der Waals surface area contributed by atoms with Crippen molar-refractivity contribution < 1.29 is 19.0 Å². The summed E-state index contributed by atoms with van der Waals surface area (Å²) in [6, 6.07) is 18.1. The monoisotopic (exact) mass is 464 g/mol. The van der Waals surface area contributed by atoms with Crippen LogP contribution in [0.1, 0.15) is 18.8 Å². The largest absolute Gasteiger partial charge is 0.854 e. The molecular formula is C23H17ClN4O3S. The Morgan fingerprint density at radius 1 is 1.12 bits per heavy atom. The molecule has 1 unspecified atom stereocenters. The van der Waals surface area contributed by atoms with Crippen molar-refractivity contribution in [3.63, 3.8) is 0 Å². The number of hydrogen-bond donors (Lipinski definition) is 0. The number of furan rings is 1. The first-order chi connectivity index (χ1) is 15.5. The van der Waals surface area contributed by atoms with E-state index in [4.69, 9.17) is 16.0 Å². The van der Waals surface area contributed by atoms with Crippen LogP contribution >= 0.6 is 23.4 Å². The van der Waals surface area contributed by atoms with Crippen molar-refractivity contribution in [1.29, 1.82) is 0 Å². The second kappa shape index (κ2) is 7.96. The molecule has 4 aromatic rings. The van der Waals surface area contributed by atoms with Crippen LogP contribution in [-0.2, 0) is 4.79 Å². The van der Waals surface area contributed by atoms with Gasteiger partial charge in [-0.05, 0) is 47.3 Å². The number of thioether (sulfide) groups is 1. The van der Waals surface area contributed by atoms with E-state index in [0.717, 1.165) is 5.56 Å². The molecule has 0 aliphatic carbocycles. The van der Waals surface area contributed by atoms with Gasteiger partial charge < -0.3 is 9.52 Å². The van der Waals surface area contributed by atoms with Crippen LogP contribution in [0.4, 0.5) is 5.69 Å². The molecule has 7 nitrogen and oxygen atoms in total. The number of carbonyl (C=O) groups excluding carboxylic acids is 1. The van der Waals surface area contributed by atoms with E-state index in [1.807, 2.05) is 30.3 Å². The summed E-state index contributed by atoms with van der Waals surface area (Å²) < 4.78 is 7.72. The number of carbonyl (C=O) groups is 1. The van der Waals surface area contributed by atoms with Crippen LogP contribution < -0.4 is 14.7 Å². The molecule has 2 aromatic carbocycles. The van der Waals surface area contributed by atoms with E-state index in [1.54, 1.807) is 41.5 Å². The zero-order valence-corrected chi connectivity index (χ0v) is 18.7. The fraction of sp³-hybridized carbons (Fsp3) is 0.130. The topological polar surface area (TPSA) is 86.2 Å². The van der Waals surface area contributed by atoms with Gasteiger partial charge in [0.15, 0.2) is 5.76 Å². The maximum atomic E-state index is 13.0. The average Bonchev–Trinajstić information content (AvgIpc) is 3.27. The standard InChI is InChI=1S/C23H17ClN4O3S/c1-13(29)27-17-10-6-4-8-15(17)20-21(30)25-23(32-2)26-28(20)22(27)19-12-11-18(31-19)14-7-3-5-9-16(14)24/h3-12,22H,1-2H3. The Balaban J connectivity index is 1.76. The molecule has 0 spiro atoms. The molecule has 2 aromatic heterocycles. The molecular weight excluding hydrogens is 448 g/mol. The smallest absolute Gasteiger partial charge is 0.325 e. The molecule has 160 valence electrons. The number of aromatic nitrogens is 3. The van der Waals surface area contributed by atoms with Crippen molar-refractivity contribution in [3.05, 3.63) is 71.4 Å². The molecule has 3 heterocycles. The van der Waals surface area contributed by atoms with Gasteiger partial charge in [-0.15, -0.1) is 0 Å². The van der Waals surface area contributed by atoms with Crippen molar-refractivity contribution in [2.75, 3.05) is 11.2 Å². The summed E-state index contributed by atoms with van der Waals surface area (Å²) in [6.07, 6.45) is 0.994. The predicted molar refractivity (Wildman–Crippen MR) is 119 cm³/mol. The highest BCUT2D eigenvalue weighted by molar-refractivity contribution is 7.98. The van der Waals surface area contributed by atoms with Gasteiger partial charge in [0.25, 0.3) is 10.9 Å². The average molecular weight is 465 g/mol. The minimum absolute atomic E-state index is 0.215. The van der Waals surface area contributed by atoms with Crippen LogP contribution in [-0.4, -0.2) is 22.2 Å². The fourth-order valence-corrected chi connectivity index (χ4v) is 4.49. The van der Waals surface area contributed by atoms with Crippen LogP contribution in [0, 0.1) is 0 Å². The third-order valence-electron chi connectivity index (χ3n) is 5.26. The van der Waals surface area contributed by atoms with Crippen LogP contribution in [0.5, 0.6) is 5.88 Å². The molecule has 0 saturated carbocycles. The number of fused-ring (bicyclic) bond motifs is 3. The maximum Gasteiger partial charge on any atom is 0.325 e. The fourth-order valence-electron chi connectivity index (χ4n) is 3.92. The molecule has 9 heteroatoms. The van der Waals surface area contributed by atoms with Gasteiger partial charge in [-0.3, -0.25) is 4.79 Å². The van der Waals surface area contributed by atoms with E-state index in [0.29, 0.717) is 38.6 Å². The number of rotatable bonds is 3. The summed E-state index contributed by atoms with van der Waals surface area (Å²) >= 11 is 7.60. The minimum Gasteiger partial charge on any atom is -0.854 e. The quantitative estimate of drug-likeness (QED) is 0.336. The van der Waals surface area contributed by atoms with E-state index in [1.165, 1.54) is 23.4 Å². The van der Waals surface area contributed by atoms with Crippen LogP contribution in [0.3, 0.4) is 0 Å². The molecule has 0 bridgehead atoms. The Bertz CT molecular complexity index is 1360. The van der Waals surface area contributed by atoms with Crippen LogP contribution in [0.25, 0.3) is 22.6 Å². The van der Waals surface area contributed by atoms with E-state index in [-0.39, 0.29) is 5.91 Å². The molecule has 0 N–H and O–H groups in total. The van der Waals surface area contributed by atoms with Gasteiger partial charge in [0.1, 0.15) is 5.76 Å². The van der Waals surface area contributed by atoms with Gasteiger partial charge in [-0.25, -0.2) is 9.88 Å². The first kappa shape index (κ1) is 20.5. The van der Waals surface area contributed by atoms with E-state index in [2.05, 4.69) is 10.1 Å². The van der Waals surface area contributed by atoms with Crippen molar-refractivity contribution in [1.82, 2.24) is 10.1 Å². The number of amides is 1. The molecule has 1 aliphatic rings. The summed E-state index contributed by atoms with van der Waals surface area (Å²) in [5.41, 5.74) is 2.22. The predicted octanol–water partition coefficient (Wildman–Crippen LogP) is 4.05. The lowest BCUT2D eigenvalue weighted by molar-refractivity contribution is -0.765. The Hall–Kier alpha value is -3.36. The van der Waals surface area contributed by atoms with Gasteiger partial charge in [0.05, 0.1) is 22.2 Å². The molecule has 1 aliphatic heterocycles. The highest BCUT2D eigenvalue weighted by Crippen LogP contribution is 2.41. The third kappa shape index (κ3) is 3.23. The van der Waals surface area contributed by atoms with E-state index >= 15 is 0 Å². The van der Waals surface area contributed by atoms with Gasteiger partial charge in [-0.2, -0.15) is 0 Å². The van der Waals surface area contributed by atoms with Crippen molar-refractivity contribution in [2.45, 2.75) is 18.2 Å². The van der Waals surface area contributed by atoms with Gasteiger partial charge >= 0.3 is 6.17 Å². The summed E-state index contributed by atoms with van der Waals surface area (Å²) in [6.45, 7) is 1.47. The SMILES string of the molecule is CSc1nc([O-])c2[n+](n1)C(c1ccc(-c3ccccc3Cl)o1)N(C(C)=O)c1ccccc1-2. The molecule has 1 amide bonds. The Kier molecular flexibility index (Phi) is 5.11.